The van der Waals surface area contributed by atoms with E-state index >= 15 is 0 Å². The number of hydrogen-bond acceptors (Lipinski definition) is 5. The molecule has 1 aromatic carbocycles. The van der Waals surface area contributed by atoms with Gasteiger partial charge in [-0.05, 0) is 62.9 Å². The predicted octanol–water partition coefficient (Wildman–Crippen LogP) is 5.25. The summed E-state index contributed by atoms with van der Waals surface area (Å²) in [7, 11) is -3.64. The summed E-state index contributed by atoms with van der Waals surface area (Å²) < 4.78 is 65.3. The van der Waals surface area contributed by atoms with E-state index in [1.807, 2.05) is 13.8 Å². The summed E-state index contributed by atoms with van der Waals surface area (Å²) in [4.78, 5) is 8.99. The van der Waals surface area contributed by atoms with Crippen LogP contribution >= 0.6 is 0 Å². The van der Waals surface area contributed by atoms with Crippen molar-refractivity contribution in [3.63, 3.8) is 0 Å². The van der Waals surface area contributed by atoms with E-state index in [0.717, 1.165) is 66.1 Å². The molecule has 0 spiro atoms. The number of nitrogens with two attached hydrogens (primary N) is 1. The number of aryl methyl sites for hydroxylation is 4. The number of hydrogen-bond donors (Lipinski definition) is 1. The molecule has 3 aromatic rings. The van der Waals surface area contributed by atoms with Crippen LogP contribution in [-0.2, 0) is 29.0 Å². The molecule has 0 aliphatic carbocycles. The Balaban J connectivity index is 1.66. The molecule has 2 heterocycles. The van der Waals surface area contributed by atoms with Crippen LogP contribution < -0.4 is 5.73 Å². The highest BCUT2D eigenvalue weighted by Crippen LogP contribution is 2.30. The highest BCUT2D eigenvalue weighted by molar-refractivity contribution is 7.91. The van der Waals surface area contributed by atoms with Gasteiger partial charge in [0.25, 0.3) is 0 Å². The number of unbranched alkanes of at least 4 members (excludes halogenated alkanes) is 2. The minimum atomic E-state index is -4.49. The van der Waals surface area contributed by atoms with Crippen LogP contribution in [0, 0.1) is 13.8 Å². The van der Waals surface area contributed by atoms with Gasteiger partial charge in [0.15, 0.2) is 15.7 Å². The quantitative estimate of drug-likeness (QED) is 0.421. The van der Waals surface area contributed by atoms with Crippen LogP contribution in [0.15, 0.2) is 29.2 Å². The van der Waals surface area contributed by atoms with Gasteiger partial charge >= 0.3 is 6.18 Å². The third kappa shape index (κ3) is 5.48. The van der Waals surface area contributed by atoms with Crippen LogP contribution in [0.5, 0.6) is 0 Å². The van der Waals surface area contributed by atoms with E-state index in [4.69, 9.17) is 10.7 Å². The van der Waals surface area contributed by atoms with E-state index in [2.05, 4.69) is 16.5 Å². The lowest BCUT2D eigenvalue weighted by molar-refractivity contribution is -0.137. The first-order chi connectivity index (χ1) is 15.5. The molecule has 0 bridgehead atoms. The van der Waals surface area contributed by atoms with Crippen LogP contribution in [-0.4, -0.2) is 28.7 Å². The van der Waals surface area contributed by atoms with Crippen molar-refractivity contribution in [1.29, 1.82) is 0 Å². The molecule has 0 saturated heterocycles. The zero-order valence-electron chi connectivity index (χ0n) is 19.0. The maximum atomic E-state index is 12.7. The first kappa shape index (κ1) is 25.0. The van der Waals surface area contributed by atoms with Crippen molar-refractivity contribution in [2.75, 3.05) is 11.5 Å². The zero-order chi connectivity index (χ0) is 24.4. The van der Waals surface area contributed by atoms with Gasteiger partial charge < -0.3 is 10.3 Å². The van der Waals surface area contributed by atoms with Gasteiger partial charge in [-0.2, -0.15) is 13.2 Å². The number of benzene rings is 1. The van der Waals surface area contributed by atoms with Crippen LogP contribution in [0.1, 0.15) is 55.3 Å². The van der Waals surface area contributed by atoms with Crippen molar-refractivity contribution in [1.82, 2.24) is 14.5 Å². The summed E-state index contributed by atoms with van der Waals surface area (Å²) in [6, 6.07) is 3.65. The lowest BCUT2D eigenvalue weighted by Gasteiger charge is -2.12. The maximum absolute atomic E-state index is 12.7. The van der Waals surface area contributed by atoms with Gasteiger partial charge in [-0.15, -0.1) is 0 Å². The Morgan fingerprint density at radius 3 is 2.30 bits per heavy atom. The molecule has 180 valence electrons. The molecule has 0 aliphatic heterocycles. The van der Waals surface area contributed by atoms with Crippen LogP contribution in [0.4, 0.5) is 19.0 Å². The monoisotopic (exact) mass is 482 g/mol. The van der Waals surface area contributed by atoms with E-state index in [0.29, 0.717) is 30.7 Å². The number of pyridine rings is 1. The number of alkyl halides is 3. The molecule has 2 N–H and O–H groups in total. The number of sulfone groups is 1. The topological polar surface area (TPSA) is 90.9 Å². The number of nitrogen functional groups attached to an aromatic ring is 1. The van der Waals surface area contributed by atoms with Crippen molar-refractivity contribution < 1.29 is 21.6 Å². The minimum Gasteiger partial charge on any atom is -0.382 e. The number of fused-ring (bicyclic) bond motifs is 1. The summed E-state index contributed by atoms with van der Waals surface area (Å²) in [5.41, 5.74) is 8.79. The molecule has 0 radical (unpaired) electrons. The van der Waals surface area contributed by atoms with Crippen molar-refractivity contribution in [2.45, 2.75) is 70.5 Å². The molecule has 6 nitrogen and oxygen atoms in total. The predicted molar refractivity (Wildman–Crippen MR) is 123 cm³/mol. The normalized spacial score (nSPS) is 12.5. The number of aromatic nitrogens is 3. The summed E-state index contributed by atoms with van der Waals surface area (Å²) in [5.74, 6) is 1.23. The maximum Gasteiger partial charge on any atom is 0.416 e. The molecular weight excluding hydrogens is 453 g/mol. The molecule has 0 amide bonds. The Morgan fingerprint density at radius 1 is 1.03 bits per heavy atom. The molecule has 2 aromatic heterocycles. The molecule has 10 heteroatoms. The molecule has 0 aliphatic rings. The second kappa shape index (κ2) is 9.70. The van der Waals surface area contributed by atoms with Gasteiger partial charge in [0.1, 0.15) is 11.3 Å². The van der Waals surface area contributed by atoms with Gasteiger partial charge in [-0.3, -0.25) is 0 Å². The van der Waals surface area contributed by atoms with Crippen molar-refractivity contribution in [2.24, 2.45) is 0 Å². The largest absolute Gasteiger partial charge is 0.416 e. The third-order valence-corrected chi connectivity index (χ3v) is 7.60. The van der Waals surface area contributed by atoms with Gasteiger partial charge in [-0.25, -0.2) is 18.4 Å². The number of halogens is 3. The average molecular weight is 483 g/mol. The van der Waals surface area contributed by atoms with Gasteiger partial charge in [0, 0.05) is 18.7 Å². The first-order valence-corrected chi connectivity index (χ1v) is 12.6. The van der Waals surface area contributed by atoms with Crippen LogP contribution in [0.3, 0.4) is 0 Å². The number of rotatable bonds is 9. The number of imidazole rings is 1. The van der Waals surface area contributed by atoms with E-state index < -0.39 is 21.6 Å². The van der Waals surface area contributed by atoms with Gasteiger partial charge in [0.2, 0.25) is 0 Å². The lowest BCUT2D eigenvalue weighted by Crippen LogP contribution is -2.10. The standard InChI is InChI=1S/C23H29F3N4O2S/c1-4-8-19-29-20-21(15(2)16(3)28-22(20)27)30(19)13-6-5-7-14-33(31,32)18-11-9-17(10-12-18)23(24,25)26/h9-12H,4-8,13-14H2,1-3H3,(H2,27,28). The molecule has 3 rings (SSSR count). The molecule has 0 unspecified atom stereocenters. The van der Waals surface area contributed by atoms with E-state index in [-0.39, 0.29) is 10.6 Å². The fourth-order valence-corrected chi connectivity index (χ4v) is 5.28. The summed E-state index contributed by atoms with van der Waals surface area (Å²) >= 11 is 0. The molecule has 0 atom stereocenters. The van der Waals surface area contributed by atoms with Gasteiger partial charge in [-0.1, -0.05) is 13.3 Å². The van der Waals surface area contributed by atoms with Crippen molar-refractivity contribution >= 4 is 26.7 Å². The second-order valence-electron chi connectivity index (χ2n) is 8.24. The third-order valence-electron chi connectivity index (χ3n) is 5.78. The Hall–Kier alpha value is -2.62. The van der Waals surface area contributed by atoms with Crippen molar-refractivity contribution in [3.05, 3.63) is 46.9 Å². The van der Waals surface area contributed by atoms with E-state index in [1.165, 1.54) is 0 Å². The zero-order valence-corrected chi connectivity index (χ0v) is 19.9. The fraction of sp³-hybridized carbons (Fsp3) is 0.478. The summed E-state index contributed by atoms with van der Waals surface area (Å²) in [6.07, 6.45) is -0.946. The summed E-state index contributed by atoms with van der Waals surface area (Å²) in [6.45, 7) is 6.66. The first-order valence-electron chi connectivity index (χ1n) is 11.0. The van der Waals surface area contributed by atoms with E-state index in [9.17, 15) is 21.6 Å². The second-order valence-corrected chi connectivity index (χ2v) is 10.3. The Bertz CT molecular complexity index is 1230. The average Bonchev–Trinajstić information content (AvgIpc) is 3.10. The highest BCUT2D eigenvalue weighted by atomic mass is 32.2. The minimum absolute atomic E-state index is 0.0876. The lowest BCUT2D eigenvalue weighted by atomic mass is 10.2. The number of anilines is 1. The van der Waals surface area contributed by atoms with E-state index in [1.54, 1.807) is 0 Å². The number of nitrogens with zero attached hydrogens (tertiary/aromatic N) is 3. The Kier molecular flexibility index (Phi) is 7.36. The summed E-state index contributed by atoms with van der Waals surface area (Å²) in [5, 5.41) is 0. The molecule has 33 heavy (non-hydrogen) atoms. The molecule has 0 saturated carbocycles. The van der Waals surface area contributed by atoms with Gasteiger partial charge in [0.05, 0.1) is 21.7 Å². The molecular formula is C23H29F3N4O2S. The Labute approximate surface area is 192 Å². The SMILES string of the molecule is CCCc1nc2c(N)nc(C)c(C)c2n1CCCCCS(=O)(=O)c1ccc(C(F)(F)F)cc1. The highest BCUT2D eigenvalue weighted by Gasteiger charge is 2.30. The van der Waals surface area contributed by atoms with Crippen LogP contribution in [0.2, 0.25) is 0 Å². The molecule has 0 fully saturated rings. The van der Waals surface area contributed by atoms with Crippen LogP contribution in [0.25, 0.3) is 11.0 Å². The smallest absolute Gasteiger partial charge is 0.382 e. The Morgan fingerprint density at radius 2 is 1.70 bits per heavy atom. The van der Waals surface area contributed by atoms with Crippen molar-refractivity contribution in [3.8, 4) is 0 Å². The fourth-order valence-electron chi connectivity index (χ4n) is 3.91.